The minimum atomic E-state index is -1.73. The molecule has 1 aliphatic rings. The molecule has 4 heteroatoms. The van der Waals surface area contributed by atoms with Crippen molar-refractivity contribution < 1.29 is 0 Å². The molecule has 0 spiro atoms. The molecule has 7 aromatic rings. The second kappa shape index (κ2) is 10.9. The van der Waals surface area contributed by atoms with Gasteiger partial charge in [0.2, 0.25) is 0 Å². The highest BCUT2D eigenvalue weighted by Gasteiger charge is 2.37. The first kappa shape index (κ1) is 27.1. The van der Waals surface area contributed by atoms with Gasteiger partial charge in [-0.25, -0.2) is 15.0 Å². The monoisotopic (exact) mass is 593 g/mol. The zero-order valence-electron chi connectivity index (χ0n) is 25.3. The van der Waals surface area contributed by atoms with E-state index in [-0.39, 0.29) is 0 Å². The third-order valence-corrected chi connectivity index (χ3v) is 12.5. The SMILES string of the molecule is C[Si]1(C)c2ccccc2-c2ccc(-c3ccc(-c4ccccc4-c4nc(-c5ccccc5)nc(-c5ccccc5)n4)cc3)cc21. The number of benzene rings is 6. The number of nitrogens with zero attached hydrogens (tertiary/aromatic N) is 3. The Morgan fingerprint density at radius 3 is 1.44 bits per heavy atom. The van der Waals surface area contributed by atoms with Gasteiger partial charge in [-0.05, 0) is 43.8 Å². The van der Waals surface area contributed by atoms with Gasteiger partial charge in [0.15, 0.2) is 17.5 Å². The van der Waals surface area contributed by atoms with E-state index in [1.165, 1.54) is 32.6 Å². The summed E-state index contributed by atoms with van der Waals surface area (Å²) in [7, 11) is -1.73. The van der Waals surface area contributed by atoms with Crippen molar-refractivity contribution in [2.45, 2.75) is 13.1 Å². The summed E-state index contributed by atoms with van der Waals surface area (Å²) in [4.78, 5) is 14.9. The molecule has 0 fully saturated rings. The van der Waals surface area contributed by atoms with Gasteiger partial charge in [0.25, 0.3) is 0 Å². The molecule has 45 heavy (non-hydrogen) atoms. The van der Waals surface area contributed by atoms with Crippen LogP contribution in [0.1, 0.15) is 0 Å². The predicted octanol–water partition coefficient (Wildman–Crippen LogP) is 9.01. The van der Waals surface area contributed by atoms with Crippen LogP contribution in [-0.4, -0.2) is 23.0 Å². The Hall–Kier alpha value is -5.45. The maximum Gasteiger partial charge on any atom is 0.164 e. The first-order valence-corrected chi connectivity index (χ1v) is 18.4. The number of hydrogen-bond donors (Lipinski definition) is 0. The largest absolute Gasteiger partial charge is 0.208 e. The zero-order chi connectivity index (χ0) is 30.4. The lowest BCUT2D eigenvalue weighted by Gasteiger charge is -2.19. The average Bonchev–Trinajstić information content (AvgIpc) is 3.34. The van der Waals surface area contributed by atoms with E-state index in [1.807, 2.05) is 60.7 Å². The molecule has 3 nitrogen and oxygen atoms in total. The van der Waals surface area contributed by atoms with Crippen molar-refractivity contribution in [3.63, 3.8) is 0 Å². The summed E-state index contributed by atoms with van der Waals surface area (Å²) in [5.41, 5.74) is 10.4. The molecule has 2 heterocycles. The minimum Gasteiger partial charge on any atom is -0.208 e. The first-order valence-electron chi connectivity index (χ1n) is 15.4. The van der Waals surface area contributed by atoms with Crippen molar-refractivity contribution in [3.8, 4) is 67.5 Å². The van der Waals surface area contributed by atoms with Gasteiger partial charge in [-0.2, -0.15) is 0 Å². The van der Waals surface area contributed by atoms with Crippen LogP contribution in [0.5, 0.6) is 0 Å². The molecule has 0 amide bonds. The molecule has 214 valence electrons. The molecule has 0 atom stereocenters. The lowest BCUT2D eigenvalue weighted by Crippen LogP contribution is -2.49. The number of rotatable bonds is 5. The van der Waals surface area contributed by atoms with Crippen molar-refractivity contribution in [2.75, 3.05) is 0 Å². The molecule has 1 aromatic heterocycles. The molecule has 0 saturated carbocycles. The summed E-state index contributed by atoms with van der Waals surface area (Å²) in [5, 5.41) is 3.06. The number of aromatic nitrogens is 3. The quantitative estimate of drug-likeness (QED) is 0.187. The lowest BCUT2D eigenvalue weighted by atomic mass is 9.95. The second-order valence-electron chi connectivity index (χ2n) is 12.1. The van der Waals surface area contributed by atoms with E-state index in [0.29, 0.717) is 17.5 Å². The van der Waals surface area contributed by atoms with Crippen LogP contribution < -0.4 is 10.4 Å². The van der Waals surface area contributed by atoms with Gasteiger partial charge in [0.05, 0.1) is 0 Å². The van der Waals surface area contributed by atoms with E-state index in [4.69, 9.17) is 15.0 Å². The van der Waals surface area contributed by atoms with Crippen molar-refractivity contribution >= 4 is 18.4 Å². The topological polar surface area (TPSA) is 38.7 Å². The van der Waals surface area contributed by atoms with Gasteiger partial charge in [-0.1, -0.05) is 165 Å². The number of fused-ring (bicyclic) bond motifs is 3. The van der Waals surface area contributed by atoms with Crippen LogP contribution in [0, 0.1) is 0 Å². The lowest BCUT2D eigenvalue weighted by molar-refractivity contribution is 1.07. The Balaban J connectivity index is 1.19. The Labute approximate surface area is 265 Å². The normalized spacial score (nSPS) is 12.8. The van der Waals surface area contributed by atoms with E-state index in [0.717, 1.165) is 27.8 Å². The molecule has 1 aliphatic heterocycles. The van der Waals surface area contributed by atoms with Crippen LogP contribution in [0.15, 0.2) is 152 Å². The van der Waals surface area contributed by atoms with Crippen LogP contribution in [0.3, 0.4) is 0 Å². The summed E-state index contributed by atoms with van der Waals surface area (Å²) in [6.07, 6.45) is 0. The molecule has 0 bridgehead atoms. The summed E-state index contributed by atoms with van der Waals surface area (Å²) in [5.74, 6) is 1.98. The summed E-state index contributed by atoms with van der Waals surface area (Å²) < 4.78 is 0. The van der Waals surface area contributed by atoms with Crippen LogP contribution in [0.4, 0.5) is 0 Å². The highest BCUT2D eigenvalue weighted by Crippen LogP contribution is 2.35. The molecule has 0 unspecified atom stereocenters. The predicted molar refractivity (Wildman–Crippen MR) is 189 cm³/mol. The van der Waals surface area contributed by atoms with Gasteiger partial charge in [0, 0.05) is 16.7 Å². The standard InChI is InChI=1S/C41H31N3Si/c1-45(2)37-20-12-11-18-34(37)35-26-25-32(27-38(35)45)28-21-23-29(24-22-28)33-17-9-10-19-36(33)41-43-39(30-13-5-3-6-14-30)42-40(44-41)31-15-7-4-8-16-31/h3-27H,1-2H3. The van der Waals surface area contributed by atoms with Crippen LogP contribution in [-0.2, 0) is 0 Å². The molecule has 0 saturated heterocycles. The maximum atomic E-state index is 5.00. The van der Waals surface area contributed by atoms with Crippen molar-refractivity contribution in [2.24, 2.45) is 0 Å². The number of hydrogen-bond acceptors (Lipinski definition) is 3. The molecule has 0 aliphatic carbocycles. The minimum absolute atomic E-state index is 0.660. The Morgan fingerprint density at radius 1 is 0.333 bits per heavy atom. The highest BCUT2D eigenvalue weighted by atomic mass is 28.3. The molecule has 0 radical (unpaired) electrons. The van der Waals surface area contributed by atoms with Crippen LogP contribution in [0.2, 0.25) is 13.1 Å². The van der Waals surface area contributed by atoms with E-state index in [2.05, 4.69) is 104 Å². The fraction of sp³-hybridized carbons (Fsp3) is 0.0488. The first-order chi connectivity index (χ1) is 22.1. The summed E-state index contributed by atoms with van der Waals surface area (Å²) in [6.45, 7) is 4.93. The van der Waals surface area contributed by atoms with Crippen molar-refractivity contribution in [1.29, 1.82) is 0 Å². The molecular weight excluding hydrogens is 563 g/mol. The Morgan fingerprint density at radius 2 is 0.800 bits per heavy atom. The van der Waals surface area contributed by atoms with Gasteiger partial charge in [0.1, 0.15) is 8.07 Å². The van der Waals surface area contributed by atoms with Crippen LogP contribution >= 0.6 is 0 Å². The fourth-order valence-corrected chi connectivity index (χ4v) is 9.69. The van der Waals surface area contributed by atoms with Crippen molar-refractivity contribution in [3.05, 3.63) is 152 Å². The van der Waals surface area contributed by atoms with Gasteiger partial charge < -0.3 is 0 Å². The molecular formula is C41H31N3Si. The van der Waals surface area contributed by atoms with E-state index in [9.17, 15) is 0 Å². The van der Waals surface area contributed by atoms with Crippen molar-refractivity contribution in [1.82, 2.24) is 15.0 Å². The average molecular weight is 594 g/mol. The molecule has 6 aromatic carbocycles. The molecule has 8 rings (SSSR count). The Bertz CT molecular complexity index is 2110. The van der Waals surface area contributed by atoms with Gasteiger partial charge >= 0.3 is 0 Å². The zero-order valence-corrected chi connectivity index (χ0v) is 26.3. The summed E-state index contributed by atoms with van der Waals surface area (Å²) in [6, 6.07) is 53.5. The second-order valence-corrected chi connectivity index (χ2v) is 16.4. The van der Waals surface area contributed by atoms with Gasteiger partial charge in [-0.15, -0.1) is 0 Å². The maximum absolute atomic E-state index is 5.00. The third kappa shape index (κ3) is 4.80. The Kier molecular flexibility index (Phi) is 6.58. The van der Waals surface area contributed by atoms with Gasteiger partial charge in [-0.3, -0.25) is 0 Å². The van der Waals surface area contributed by atoms with E-state index in [1.54, 1.807) is 0 Å². The van der Waals surface area contributed by atoms with E-state index < -0.39 is 8.07 Å². The third-order valence-electron chi connectivity index (χ3n) is 8.98. The van der Waals surface area contributed by atoms with E-state index >= 15 is 0 Å². The fourth-order valence-electron chi connectivity index (χ4n) is 6.58. The highest BCUT2D eigenvalue weighted by molar-refractivity contribution is 7.03. The smallest absolute Gasteiger partial charge is 0.164 e. The molecule has 0 N–H and O–H groups in total. The van der Waals surface area contributed by atoms with Crippen LogP contribution in [0.25, 0.3) is 67.5 Å². The summed E-state index contributed by atoms with van der Waals surface area (Å²) >= 11 is 0.